The van der Waals surface area contributed by atoms with Crippen molar-refractivity contribution in [3.05, 3.63) is 72.2 Å². The first-order valence-corrected chi connectivity index (χ1v) is 9.89. The summed E-state index contributed by atoms with van der Waals surface area (Å²) in [5, 5.41) is 10.9. The standard InChI is InChI=1S/C22H28N6O2.HI/c1-23-22(26-17-19-5-3-11-24-21(19)30-16-15-29-2)25-13-10-18-6-8-20(9-7-18)28-14-4-12-27-28;/h3-9,11-12,14H,10,13,15-17H2,1-2H3,(H2,23,25,26);1H. The number of pyridine rings is 1. The second-order valence-corrected chi connectivity index (χ2v) is 6.53. The van der Waals surface area contributed by atoms with Crippen molar-refractivity contribution in [3.63, 3.8) is 0 Å². The predicted octanol–water partition coefficient (Wildman–Crippen LogP) is 2.82. The molecule has 0 atom stereocenters. The fraction of sp³-hybridized carbons (Fsp3) is 0.318. The van der Waals surface area contributed by atoms with Gasteiger partial charge < -0.3 is 20.1 Å². The van der Waals surface area contributed by atoms with E-state index >= 15 is 0 Å². The number of methoxy groups -OCH3 is 1. The molecule has 8 nitrogen and oxygen atoms in total. The van der Waals surface area contributed by atoms with Crippen molar-refractivity contribution in [2.24, 2.45) is 4.99 Å². The van der Waals surface area contributed by atoms with Crippen LogP contribution in [0.4, 0.5) is 0 Å². The summed E-state index contributed by atoms with van der Waals surface area (Å²) in [6.45, 7) is 2.32. The second-order valence-electron chi connectivity index (χ2n) is 6.53. The Morgan fingerprint density at radius 1 is 1.06 bits per heavy atom. The number of guanidine groups is 1. The molecule has 9 heteroatoms. The summed E-state index contributed by atoms with van der Waals surface area (Å²) in [5.41, 5.74) is 3.26. The van der Waals surface area contributed by atoms with Crippen molar-refractivity contribution in [1.82, 2.24) is 25.4 Å². The van der Waals surface area contributed by atoms with Crippen LogP contribution in [-0.4, -0.2) is 54.6 Å². The molecule has 166 valence electrons. The Morgan fingerprint density at radius 3 is 2.61 bits per heavy atom. The van der Waals surface area contributed by atoms with Crippen molar-refractivity contribution in [1.29, 1.82) is 0 Å². The van der Waals surface area contributed by atoms with Crippen LogP contribution in [0.3, 0.4) is 0 Å². The molecule has 1 aromatic carbocycles. The number of aromatic nitrogens is 3. The van der Waals surface area contributed by atoms with Crippen LogP contribution in [0.15, 0.2) is 66.0 Å². The van der Waals surface area contributed by atoms with Gasteiger partial charge in [0.2, 0.25) is 5.88 Å². The Hall–Kier alpha value is -2.66. The largest absolute Gasteiger partial charge is 0.475 e. The summed E-state index contributed by atoms with van der Waals surface area (Å²) in [6.07, 6.45) is 6.31. The summed E-state index contributed by atoms with van der Waals surface area (Å²) in [7, 11) is 3.40. The van der Waals surface area contributed by atoms with Gasteiger partial charge >= 0.3 is 0 Å². The fourth-order valence-corrected chi connectivity index (χ4v) is 2.87. The molecule has 0 saturated carbocycles. The van der Waals surface area contributed by atoms with Crippen LogP contribution >= 0.6 is 24.0 Å². The van der Waals surface area contributed by atoms with Gasteiger partial charge in [0, 0.05) is 51.4 Å². The predicted molar refractivity (Wildman–Crippen MR) is 132 cm³/mol. The summed E-state index contributed by atoms with van der Waals surface area (Å²) >= 11 is 0. The van der Waals surface area contributed by atoms with Gasteiger partial charge in [-0.3, -0.25) is 4.99 Å². The quantitative estimate of drug-likeness (QED) is 0.180. The number of halogens is 1. The van der Waals surface area contributed by atoms with E-state index in [1.807, 2.05) is 29.1 Å². The van der Waals surface area contributed by atoms with Crippen molar-refractivity contribution >= 4 is 29.9 Å². The van der Waals surface area contributed by atoms with E-state index < -0.39 is 0 Å². The third-order valence-electron chi connectivity index (χ3n) is 4.46. The van der Waals surface area contributed by atoms with Gasteiger partial charge in [-0.15, -0.1) is 24.0 Å². The normalized spacial score (nSPS) is 11.0. The lowest BCUT2D eigenvalue weighted by molar-refractivity contribution is 0.143. The molecule has 0 aliphatic heterocycles. The number of rotatable bonds is 10. The third kappa shape index (κ3) is 7.83. The molecule has 3 aromatic rings. The van der Waals surface area contributed by atoms with Gasteiger partial charge in [-0.05, 0) is 36.2 Å². The maximum atomic E-state index is 5.68. The molecule has 2 aromatic heterocycles. The lowest BCUT2D eigenvalue weighted by atomic mass is 10.1. The maximum Gasteiger partial charge on any atom is 0.218 e. The Labute approximate surface area is 200 Å². The molecule has 0 bridgehead atoms. The minimum absolute atomic E-state index is 0. The Bertz CT molecular complexity index is 916. The number of ether oxygens (including phenoxy) is 2. The molecule has 2 N–H and O–H groups in total. The first-order chi connectivity index (χ1) is 14.8. The summed E-state index contributed by atoms with van der Waals surface area (Å²) in [6, 6.07) is 14.2. The molecule has 0 amide bonds. The fourth-order valence-electron chi connectivity index (χ4n) is 2.87. The van der Waals surface area contributed by atoms with Crippen LogP contribution < -0.4 is 15.4 Å². The van der Waals surface area contributed by atoms with Crippen LogP contribution in [0, 0.1) is 0 Å². The number of aliphatic imine (C=N–C) groups is 1. The van der Waals surface area contributed by atoms with Gasteiger partial charge in [0.1, 0.15) is 6.61 Å². The Kier molecular flexibility index (Phi) is 10.8. The average Bonchev–Trinajstić information content (AvgIpc) is 3.32. The van der Waals surface area contributed by atoms with E-state index in [4.69, 9.17) is 9.47 Å². The first kappa shape index (κ1) is 24.6. The van der Waals surface area contributed by atoms with Gasteiger partial charge in [0.25, 0.3) is 0 Å². The van der Waals surface area contributed by atoms with E-state index in [0.29, 0.717) is 25.6 Å². The third-order valence-corrected chi connectivity index (χ3v) is 4.46. The van der Waals surface area contributed by atoms with E-state index in [2.05, 4.69) is 50.0 Å². The number of benzene rings is 1. The summed E-state index contributed by atoms with van der Waals surface area (Å²) in [4.78, 5) is 8.59. The van der Waals surface area contributed by atoms with Gasteiger partial charge in [0.05, 0.1) is 12.3 Å². The molecule has 0 radical (unpaired) electrons. The zero-order chi connectivity index (χ0) is 21.0. The molecule has 31 heavy (non-hydrogen) atoms. The molecular formula is C22H29IN6O2. The number of nitrogens with one attached hydrogen (secondary N) is 2. The van der Waals surface area contributed by atoms with Crippen molar-refractivity contribution in [2.75, 3.05) is 33.9 Å². The molecule has 0 unspecified atom stereocenters. The van der Waals surface area contributed by atoms with E-state index in [9.17, 15) is 0 Å². The van der Waals surface area contributed by atoms with Crippen molar-refractivity contribution in [3.8, 4) is 11.6 Å². The SMILES string of the molecule is CN=C(NCCc1ccc(-n2cccn2)cc1)NCc1cccnc1OCCOC.I. The van der Waals surface area contributed by atoms with Crippen molar-refractivity contribution in [2.45, 2.75) is 13.0 Å². The van der Waals surface area contributed by atoms with Crippen LogP contribution in [0.5, 0.6) is 5.88 Å². The smallest absolute Gasteiger partial charge is 0.218 e. The molecule has 0 aliphatic carbocycles. The molecular weight excluding hydrogens is 507 g/mol. The van der Waals surface area contributed by atoms with Gasteiger partial charge in [-0.25, -0.2) is 9.67 Å². The van der Waals surface area contributed by atoms with Crippen LogP contribution in [-0.2, 0) is 17.7 Å². The highest BCUT2D eigenvalue weighted by Crippen LogP contribution is 2.14. The molecule has 0 aliphatic rings. The highest BCUT2D eigenvalue weighted by atomic mass is 127. The molecule has 3 rings (SSSR count). The maximum absolute atomic E-state index is 5.68. The van der Waals surface area contributed by atoms with Crippen LogP contribution in [0.2, 0.25) is 0 Å². The zero-order valence-electron chi connectivity index (χ0n) is 17.8. The minimum atomic E-state index is 0. The van der Waals surface area contributed by atoms with E-state index in [1.54, 1.807) is 26.6 Å². The van der Waals surface area contributed by atoms with E-state index in [0.717, 1.165) is 30.2 Å². The second kappa shape index (κ2) is 13.6. The summed E-state index contributed by atoms with van der Waals surface area (Å²) in [5.74, 6) is 1.34. The summed E-state index contributed by atoms with van der Waals surface area (Å²) < 4.78 is 12.5. The van der Waals surface area contributed by atoms with E-state index in [1.165, 1.54) is 5.56 Å². The monoisotopic (exact) mass is 536 g/mol. The molecule has 2 heterocycles. The van der Waals surface area contributed by atoms with Gasteiger partial charge in [0.15, 0.2) is 5.96 Å². The first-order valence-electron chi connectivity index (χ1n) is 9.89. The van der Waals surface area contributed by atoms with Crippen LogP contribution in [0.25, 0.3) is 5.69 Å². The number of hydrogen-bond acceptors (Lipinski definition) is 5. The number of nitrogens with zero attached hydrogens (tertiary/aromatic N) is 4. The highest BCUT2D eigenvalue weighted by molar-refractivity contribution is 14.0. The highest BCUT2D eigenvalue weighted by Gasteiger charge is 2.06. The molecule has 0 spiro atoms. The van der Waals surface area contributed by atoms with Gasteiger partial charge in [-0.1, -0.05) is 18.2 Å². The molecule has 0 saturated heterocycles. The Balaban J connectivity index is 0.00000341. The van der Waals surface area contributed by atoms with Gasteiger partial charge in [-0.2, -0.15) is 5.10 Å². The lowest BCUT2D eigenvalue weighted by Gasteiger charge is -2.14. The minimum Gasteiger partial charge on any atom is -0.475 e. The molecule has 0 fully saturated rings. The topological polar surface area (TPSA) is 85.6 Å². The zero-order valence-corrected chi connectivity index (χ0v) is 20.2. The van der Waals surface area contributed by atoms with Crippen molar-refractivity contribution < 1.29 is 9.47 Å². The Morgan fingerprint density at radius 2 is 1.90 bits per heavy atom. The average molecular weight is 536 g/mol. The van der Waals surface area contributed by atoms with Crippen LogP contribution in [0.1, 0.15) is 11.1 Å². The van der Waals surface area contributed by atoms with E-state index in [-0.39, 0.29) is 24.0 Å². The lowest BCUT2D eigenvalue weighted by Crippen LogP contribution is -2.38. The number of hydrogen-bond donors (Lipinski definition) is 2.